The molecule has 2 unspecified atom stereocenters. The fraction of sp³-hybridized carbons (Fsp3) is 0.526. The minimum Gasteiger partial charge on any atom is -0.481 e. The van der Waals surface area contributed by atoms with Crippen LogP contribution in [0, 0.1) is 5.92 Å². The number of aliphatic hydroxyl groups excluding tert-OH is 1. The maximum atomic E-state index is 9.90. The zero-order valence-corrected chi connectivity index (χ0v) is 16.2. The van der Waals surface area contributed by atoms with E-state index < -0.39 is 6.23 Å². The maximum absolute atomic E-state index is 9.90. The van der Waals surface area contributed by atoms with Gasteiger partial charge in [0.1, 0.15) is 0 Å². The van der Waals surface area contributed by atoms with Crippen LogP contribution in [0.1, 0.15) is 34.6 Å². The number of hydrogen-bond donors (Lipinski definition) is 2. The summed E-state index contributed by atoms with van der Waals surface area (Å²) in [5.41, 5.74) is 7.36. The molecule has 3 aliphatic heterocycles. The average Bonchev–Trinajstić information content (AvgIpc) is 3.05. The predicted octanol–water partition coefficient (Wildman–Crippen LogP) is 2.74. The van der Waals surface area contributed by atoms with Crippen molar-refractivity contribution in [1.82, 2.24) is 15.4 Å². The van der Waals surface area contributed by atoms with Crippen LogP contribution in [0.3, 0.4) is 0 Å². The first-order valence-electron chi connectivity index (χ1n) is 8.85. The van der Waals surface area contributed by atoms with Gasteiger partial charge in [-0.1, -0.05) is 27.7 Å². The summed E-state index contributed by atoms with van der Waals surface area (Å²) in [6, 6.07) is 0.238. The molecule has 3 heterocycles. The van der Waals surface area contributed by atoms with Gasteiger partial charge in [-0.3, -0.25) is 5.01 Å². The van der Waals surface area contributed by atoms with Gasteiger partial charge < -0.3 is 9.84 Å². The highest BCUT2D eigenvalue weighted by Crippen LogP contribution is 2.33. The zero-order chi connectivity index (χ0) is 18.7. The number of hydrogen-bond acceptors (Lipinski definition) is 6. The van der Waals surface area contributed by atoms with Crippen molar-refractivity contribution in [3.63, 3.8) is 0 Å². The lowest BCUT2D eigenvalue weighted by atomic mass is 9.95. The molecular weight excluding hydrogens is 316 g/mol. The molecule has 6 heteroatoms. The largest absolute Gasteiger partial charge is 0.481 e. The van der Waals surface area contributed by atoms with Gasteiger partial charge in [-0.2, -0.15) is 5.10 Å². The lowest BCUT2D eigenvalue weighted by Gasteiger charge is -2.32. The monoisotopic (exact) mass is 346 g/mol. The van der Waals surface area contributed by atoms with Crippen molar-refractivity contribution in [2.45, 2.75) is 46.9 Å². The molecular formula is C19H30N4O2. The average molecular weight is 346 g/mol. The van der Waals surface area contributed by atoms with Crippen LogP contribution in [0.25, 0.3) is 0 Å². The quantitative estimate of drug-likeness (QED) is 0.823. The molecule has 3 aliphatic rings. The molecule has 0 spiro atoms. The van der Waals surface area contributed by atoms with E-state index in [-0.39, 0.29) is 6.04 Å². The van der Waals surface area contributed by atoms with Gasteiger partial charge in [-0.15, -0.1) is 0 Å². The topological polar surface area (TPSA) is 60.3 Å². The van der Waals surface area contributed by atoms with Crippen LogP contribution in [0.2, 0.25) is 0 Å². The number of likely N-dealkylation sites (N-methyl/N-ethyl adjacent to an activating group) is 1. The van der Waals surface area contributed by atoms with Gasteiger partial charge in [0.05, 0.1) is 18.5 Å². The van der Waals surface area contributed by atoms with Crippen LogP contribution < -0.4 is 5.43 Å². The Hall–Kier alpha value is -2.05. The van der Waals surface area contributed by atoms with Crippen LogP contribution in [0.15, 0.2) is 52.1 Å². The fourth-order valence-electron chi connectivity index (χ4n) is 2.88. The highest BCUT2D eigenvalue weighted by atomic mass is 16.5. The second-order valence-corrected chi connectivity index (χ2v) is 6.36. The van der Waals surface area contributed by atoms with Crippen LogP contribution in [-0.2, 0) is 4.74 Å². The summed E-state index contributed by atoms with van der Waals surface area (Å²) in [4.78, 5) is 0. The number of allylic oxidation sites excluding steroid dienone is 4. The Morgan fingerprint density at radius 1 is 1.24 bits per heavy atom. The number of methoxy groups -OCH3 is 1. The summed E-state index contributed by atoms with van der Waals surface area (Å²) < 4.78 is 5.47. The SMILES string of the molecule is CC.COC1=CC=C(C2=NN(C)C(O)C=C2C)C2=CC(C(C)C)NN12. The molecule has 0 bridgehead atoms. The van der Waals surface area contributed by atoms with E-state index in [1.807, 2.05) is 44.0 Å². The predicted molar refractivity (Wildman–Crippen MR) is 101 cm³/mol. The summed E-state index contributed by atoms with van der Waals surface area (Å²) in [5.74, 6) is 1.22. The molecule has 2 atom stereocenters. The lowest BCUT2D eigenvalue weighted by molar-refractivity contribution is 0.0625. The first kappa shape index (κ1) is 19.3. The van der Waals surface area contributed by atoms with Crippen molar-refractivity contribution < 1.29 is 9.84 Å². The molecule has 0 aromatic carbocycles. The maximum Gasteiger partial charge on any atom is 0.208 e. The molecule has 25 heavy (non-hydrogen) atoms. The first-order chi connectivity index (χ1) is 11.9. The molecule has 0 aliphatic carbocycles. The van der Waals surface area contributed by atoms with Crippen molar-refractivity contribution >= 4 is 5.71 Å². The minimum absolute atomic E-state index is 0.238. The summed E-state index contributed by atoms with van der Waals surface area (Å²) in [6.45, 7) is 10.3. The third-order valence-electron chi connectivity index (χ3n) is 4.34. The second kappa shape index (κ2) is 7.89. The van der Waals surface area contributed by atoms with Crippen LogP contribution >= 0.6 is 0 Å². The van der Waals surface area contributed by atoms with Crippen LogP contribution in [-0.4, -0.2) is 47.3 Å². The lowest BCUT2D eigenvalue weighted by Crippen LogP contribution is -2.41. The Kier molecular flexibility index (Phi) is 6.08. The number of ether oxygens (including phenoxy) is 1. The zero-order valence-electron chi connectivity index (χ0n) is 16.2. The number of hydrazine groups is 1. The molecule has 0 saturated carbocycles. The van der Waals surface area contributed by atoms with E-state index in [1.165, 1.54) is 0 Å². The normalized spacial score (nSPS) is 25.2. The van der Waals surface area contributed by atoms with Gasteiger partial charge in [0.2, 0.25) is 5.88 Å². The highest BCUT2D eigenvalue weighted by molar-refractivity contribution is 6.15. The summed E-state index contributed by atoms with van der Waals surface area (Å²) in [5, 5.41) is 18.0. The third-order valence-corrected chi connectivity index (χ3v) is 4.34. The van der Waals surface area contributed by atoms with Crippen LogP contribution in [0.5, 0.6) is 0 Å². The second-order valence-electron chi connectivity index (χ2n) is 6.36. The molecule has 0 fully saturated rings. The molecule has 0 saturated heterocycles. The van der Waals surface area contributed by atoms with Gasteiger partial charge in [-0.05, 0) is 36.6 Å². The molecule has 2 N–H and O–H groups in total. The fourth-order valence-corrected chi connectivity index (χ4v) is 2.88. The Morgan fingerprint density at radius 2 is 1.92 bits per heavy atom. The number of hydrazone groups is 1. The molecule has 138 valence electrons. The van der Waals surface area contributed by atoms with Crippen molar-refractivity contribution in [2.75, 3.05) is 14.2 Å². The Bertz CT molecular complexity index is 658. The smallest absolute Gasteiger partial charge is 0.208 e. The van der Waals surface area contributed by atoms with Crippen molar-refractivity contribution in [3.8, 4) is 0 Å². The Labute approximate surface area is 150 Å². The summed E-state index contributed by atoms with van der Waals surface area (Å²) in [7, 11) is 3.43. The summed E-state index contributed by atoms with van der Waals surface area (Å²) in [6.07, 6.45) is 7.30. The molecule has 0 aromatic heterocycles. The molecule has 0 radical (unpaired) electrons. The van der Waals surface area contributed by atoms with Gasteiger partial charge in [0, 0.05) is 24.7 Å². The number of rotatable bonds is 3. The molecule has 0 amide bonds. The van der Waals surface area contributed by atoms with Gasteiger partial charge in [0.25, 0.3) is 0 Å². The third kappa shape index (κ3) is 3.65. The van der Waals surface area contributed by atoms with E-state index in [1.54, 1.807) is 19.2 Å². The first-order valence-corrected chi connectivity index (χ1v) is 8.85. The number of nitrogens with one attached hydrogen (secondary N) is 1. The molecule has 6 nitrogen and oxygen atoms in total. The molecule has 3 rings (SSSR count). The Morgan fingerprint density at radius 3 is 2.52 bits per heavy atom. The van der Waals surface area contributed by atoms with E-state index in [9.17, 15) is 5.11 Å². The van der Waals surface area contributed by atoms with E-state index in [2.05, 4.69) is 30.5 Å². The van der Waals surface area contributed by atoms with Gasteiger partial charge in [0.15, 0.2) is 6.23 Å². The summed E-state index contributed by atoms with van der Waals surface area (Å²) >= 11 is 0. The van der Waals surface area contributed by atoms with Crippen molar-refractivity contribution in [2.24, 2.45) is 11.0 Å². The van der Waals surface area contributed by atoms with E-state index in [0.717, 1.165) is 28.4 Å². The standard InChI is InChI=1S/C17H24N4O2.C2H6/c1-10(2)13-9-14-12(6-7-16(23-5)21(14)18-13)17-11(3)8-15(22)20(4)19-17;1-2/h6-10,13,15,18,22H,1-5H3;1-2H3. The number of nitrogens with zero attached hydrogens (tertiary/aromatic N) is 3. The minimum atomic E-state index is -0.678. The Balaban J connectivity index is 0.00000109. The van der Waals surface area contributed by atoms with Gasteiger partial charge >= 0.3 is 0 Å². The number of fused-ring (bicyclic) bond motifs is 1. The van der Waals surface area contributed by atoms with E-state index in [0.29, 0.717) is 5.92 Å². The van der Waals surface area contributed by atoms with Crippen LogP contribution in [0.4, 0.5) is 0 Å². The van der Waals surface area contributed by atoms with E-state index >= 15 is 0 Å². The van der Waals surface area contributed by atoms with Crippen molar-refractivity contribution in [1.29, 1.82) is 0 Å². The van der Waals surface area contributed by atoms with Gasteiger partial charge in [-0.25, -0.2) is 10.4 Å². The molecule has 0 aromatic rings. The number of aliphatic hydroxyl groups is 1. The highest BCUT2D eigenvalue weighted by Gasteiger charge is 2.34. The van der Waals surface area contributed by atoms with E-state index in [4.69, 9.17) is 4.74 Å². The van der Waals surface area contributed by atoms with Crippen molar-refractivity contribution in [3.05, 3.63) is 47.0 Å².